The van der Waals surface area contributed by atoms with E-state index in [-0.39, 0.29) is 5.92 Å². The van der Waals surface area contributed by atoms with Crippen LogP contribution in [0.5, 0.6) is 0 Å². The maximum Gasteiger partial charge on any atom is 0.326 e. The second kappa shape index (κ2) is 9.17. The number of carboxylic acid groups (broad SMARTS) is 1. The summed E-state index contributed by atoms with van der Waals surface area (Å²) in [7, 11) is 1.42. The van der Waals surface area contributed by atoms with Crippen molar-refractivity contribution in [1.82, 2.24) is 10.8 Å². The largest absolute Gasteiger partial charge is 0.480 e. The third kappa shape index (κ3) is 6.24. The number of aliphatic carboxylic acids is 1. The molecule has 0 spiro atoms. The molecule has 6 heteroatoms. The molecule has 0 saturated carbocycles. The first-order valence-electron chi connectivity index (χ1n) is 7.29. The molecule has 3 N–H and O–H groups in total. The van der Waals surface area contributed by atoms with Crippen molar-refractivity contribution in [3.05, 3.63) is 35.9 Å². The molecule has 0 radical (unpaired) electrons. The van der Waals surface area contributed by atoms with Crippen molar-refractivity contribution >= 4 is 11.9 Å². The predicted molar refractivity (Wildman–Crippen MR) is 83.1 cm³/mol. The van der Waals surface area contributed by atoms with Gasteiger partial charge in [-0.15, -0.1) is 0 Å². The molecule has 0 saturated heterocycles. The van der Waals surface area contributed by atoms with E-state index in [4.69, 9.17) is 4.84 Å². The van der Waals surface area contributed by atoms with Gasteiger partial charge in [0.15, 0.2) is 0 Å². The summed E-state index contributed by atoms with van der Waals surface area (Å²) in [5.74, 6) is -1.25. The van der Waals surface area contributed by atoms with Crippen LogP contribution in [0, 0.1) is 5.92 Å². The van der Waals surface area contributed by atoms with Crippen molar-refractivity contribution in [2.45, 2.75) is 38.8 Å². The van der Waals surface area contributed by atoms with Crippen LogP contribution in [0.1, 0.15) is 25.8 Å². The average Bonchev–Trinajstić information content (AvgIpc) is 2.46. The van der Waals surface area contributed by atoms with Crippen LogP contribution in [0.25, 0.3) is 0 Å². The van der Waals surface area contributed by atoms with Crippen molar-refractivity contribution in [2.24, 2.45) is 5.92 Å². The van der Waals surface area contributed by atoms with Gasteiger partial charge in [-0.25, -0.2) is 4.79 Å². The summed E-state index contributed by atoms with van der Waals surface area (Å²) >= 11 is 0. The topological polar surface area (TPSA) is 87.7 Å². The summed E-state index contributed by atoms with van der Waals surface area (Å²) in [6, 6.07) is 7.92. The van der Waals surface area contributed by atoms with Gasteiger partial charge in [0, 0.05) is 0 Å². The van der Waals surface area contributed by atoms with Gasteiger partial charge >= 0.3 is 5.97 Å². The molecule has 0 unspecified atom stereocenters. The minimum Gasteiger partial charge on any atom is -0.480 e. The molecule has 1 aromatic rings. The summed E-state index contributed by atoms with van der Waals surface area (Å²) < 4.78 is 0. The fraction of sp³-hybridized carbons (Fsp3) is 0.500. The first-order valence-corrected chi connectivity index (χ1v) is 7.29. The van der Waals surface area contributed by atoms with Gasteiger partial charge < -0.3 is 15.3 Å². The number of benzene rings is 1. The molecule has 0 bridgehead atoms. The highest BCUT2D eigenvalue weighted by atomic mass is 16.6. The van der Waals surface area contributed by atoms with Crippen LogP contribution in [0.3, 0.4) is 0 Å². The molecule has 122 valence electrons. The number of rotatable bonds is 9. The third-order valence-electron chi connectivity index (χ3n) is 3.18. The Morgan fingerprint density at radius 3 is 2.32 bits per heavy atom. The van der Waals surface area contributed by atoms with Gasteiger partial charge in [-0.3, -0.25) is 4.79 Å². The van der Waals surface area contributed by atoms with E-state index in [0.717, 1.165) is 5.56 Å². The highest BCUT2D eigenvalue weighted by Crippen LogP contribution is 2.07. The van der Waals surface area contributed by atoms with Crippen LogP contribution in [-0.2, 0) is 20.8 Å². The molecule has 6 nitrogen and oxygen atoms in total. The Kier molecular flexibility index (Phi) is 7.56. The molecule has 1 amide bonds. The minimum absolute atomic E-state index is 0.171. The number of amides is 1. The molecule has 0 aliphatic carbocycles. The predicted octanol–water partition coefficient (Wildman–Crippen LogP) is 1.36. The third-order valence-corrected chi connectivity index (χ3v) is 3.18. The number of hydroxylamine groups is 1. The Hall–Kier alpha value is -1.92. The van der Waals surface area contributed by atoms with Crippen LogP contribution < -0.4 is 10.8 Å². The lowest BCUT2D eigenvalue weighted by Crippen LogP contribution is -2.51. The zero-order valence-corrected chi connectivity index (χ0v) is 13.2. The maximum atomic E-state index is 12.3. The van der Waals surface area contributed by atoms with Gasteiger partial charge in [0.25, 0.3) is 0 Å². The maximum absolute atomic E-state index is 12.3. The van der Waals surface area contributed by atoms with Crippen molar-refractivity contribution in [1.29, 1.82) is 0 Å². The molecule has 2 atom stereocenters. The van der Waals surface area contributed by atoms with E-state index in [1.54, 1.807) is 0 Å². The Morgan fingerprint density at radius 2 is 1.82 bits per heavy atom. The monoisotopic (exact) mass is 308 g/mol. The molecular formula is C16H24N2O4. The second-order valence-electron chi connectivity index (χ2n) is 5.59. The number of hydrogen-bond donors (Lipinski definition) is 3. The van der Waals surface area contributed by atoms with E-state index in [1.165, 1.54) is 7.11 Å². The van der Waals surface area contributed by atoms with Crippen LogP contribution in [0.15, 0.2) is 30.3 Å². The standard InChI is InChI=1S/C16H24N2O4/c1-11(2)9-14(16(20)21)17-15(19)13(18-22-3)10-12-7-5-4-6-8-12/h4-8,11,13-14,18H,9-10H2,1-3H3,(H,17,19)(H,20,21)/t13-,14-/m0/s1. The average molecular weight is 308 g/mol. The summed E-state index contributed by atoms with van der Waals surface area (Å²) in [4.78, 5) is 28.4. The van der Waals surface area contributed by atoms with E-state index >= 15 is 0 Å². The fourth-order valence-electron chi connectivity index (χ4n) is 2.15. The van der Waals surface area contributed by atoms with E-state index in [9.17, 15) is 14.7 Å². The zero-order valence-electron chi connectivity index (χ0n) is 13.2. The van der Waals surface area contributed by atoms with Crippen LogP contribution >= 0.6 is 0 Å². The van der Waals surface area contributed by atoms with Gasteiger partial charge in [-0.2, -0.15) is 5.48 Å². The Balaban J connectivity index is 2.73. The quantitative estimate of drug-likeness (QED) is 0.600. The number of carbonyl (C=O) groups excluding carboxylic acids is 1. The number of carbonyl (C=O) groups is 2. The van der Waals surface area contributed by atoms with Gasteiger partial charge in [0.05, 0.1) is 7.11 Å². The molecular weight excluding hydrogens is 284 g/mol. The van der Waals surface area contributed by atoms with Crippen molar-refractivity contribution in [2.75, 3.05) is 7.11 Å². The van der Waals surface area contributed by atoms with Crippen molar-refractivity contribution in [3.8, 4) is 0 Å². The summed E-state index contributed by atoms with van der Waals surface area (Å²) in [5.41, 5.74) is 3.58. The normalized spacial score (nSPS) is 13.6. The minimum atomic E-state index is -1.03. The lowest BCUT2D eigenvalue weighted by molar-refractivity contribution is -0.143. The lowest BCUT2D eigenvalue weighted by atomic mass is 10.0. The van der Waals surface area contributed by atoms with E-state index in [2.05, 4.69) is 10.8 Å². The smallest absolute Gasteiger partial charge is 0.326 e. The Morgan fingerprint density at radius 1 is 1.18 bits per heavy atom. The molecule has 0 aromatic heterocycles. The number of hydrogen-bond acceptors (Lipinski definition) is 4. The lowest BCUT2D eigenvalue weighted by Gasteiger charge is -2.21. The van der Waals surface area contributed by atoms with Gasteiger partial charge in [-0.05, 0) is 24.3 Å². The van der Waals surface area contributed by atoms with Gasteiger partial charge in [0.2, 0.25) is 5.91 Å². The van der Waals surface area contributed by atoms with Crippen LogP contribution in [0.4, 0.5) is 0 Å². The molecule has 0 aliphatic heterocycles. The Labute approximate surface area is 130 Å². The van der Waals surface area contributed by atoms with Gasteiger partial charge in [0.1, 0.15) is 12.1 Å². The van der Waals surface area contributed by atoms with Crippen LogP contribution in [0.2, 0.25) is 0 Å². The summed E-state index contributed by atoms with van der Waals surface area (Å²) in [6.45, 7) is 3.83. The summed E-state index contributed by atoms with van der Waals surface area (Å²) in [6.07, 6.45) is 0.792. The highest BCUT2D eigenvalue weighted by molar-refractivity contribution is 5.87. The first kappa shape index (κ1) is 18.1. The number of nitrogens with one attached hydrogen (secondary N) is 2. The molecule has 1 aromatic carbocycles. The molecule has 0 fully saturated rings. The van der Waals surface area contributed by atoms with Crippen molar-refractivity contribution < 1.29 is 19.5 Å². The molecule has 22 heavy (non-hydrogen) atoms. The first-order chi connectivity index (χ1) is 10.4. The summed E-state index contributed by atoms with van der Waals surface area (Å²) in [5, 5.41) is 11.8. The number of carboxylic acids is 1. The fourth-order valence-corrected chi connectivity index (χ4v) is 2.15. The molecule has 0 heterocycles. The van der Waals surface area contributed by atoms with E-state index in [0.29, 0.717) is 12.8 Å². The van der Waals surface area contributed by atoms with E-state index < -0.39 is 24.0 Å². The SMILES string of the molecule is CON[C@@H](Cc1ccccc1)C(=O)N[C@@H](CC(C)C)C(=O)O. The Bertz CT molecular complexity index is 476. The van der Waals surface area contributed by atoms with Gasteiger partial charge in [-0.1, -0.05) is 44.2 Å². The van der Waals surface area contributed by atoms with Crippen molar-refractivity contribution in [3.63, 3.8) is 0 Å². The zero-order chi connectivity index (χ0) is 16.5. The molecule has 1 rings (SSSR count). The second-order valence-corrected chi connectivity index (χ2v) is 5.59. The highest BCUT2D eigenvalue weighted by Gasteiger charge is 2.26. The van der Waals surface area contributed by atoms with Crippen LogP contribution in [-0.4, -0.2) is 36.2 Å². The van der Waals surface area contributed by atoms with E-state index in [1.807, 2.05) is 44.2 Å². The molecule has 0 aliphatic rings.